The number of rotatable bonds is 6. The number of aliphatic carboxylic acids is 1. The summed E-state index contributed by atoms with van der Waals surface area (Å²) in [6, 6.07) is 1.95. The molecule has 2 aromatic rings. The second-order valence-electron chi connectivity index (χ2n) is 6.15. The fraction of sp³-hybridized carbons (Fsp3) is 0.438. The summed E-state index contributed by atoms with van der Waals surface area (Å²) in [7, 11) is 0. The van der Waals surface area contributed by atoms with Crippen LogP contribution in [0.5, 0.6) is 0 Å². The Balaban J connectivity index is 1.51. The van der Waals surface area contributed by atoms with E-state index >= 15 is 0 Å². The van der Waals surface area contributed by atoms with Crippen LogP contribution in [0.15, 0.2) is 18.5 Å². The molecule has 138 valence electrons. The van der Waals surface area contributed by atoms with Gasteiger partial charge in [0.25, 0.3) is 0 Å². The van der Waals surface area contributed by atoms with E-state index in [1.165, 1.54) is 0 Å². The number of piperazine rings is 1. The van der Waals surface area contributed by atoms with Crippen LogP contribution in [-0.4, -0.2) is 68.6 Å². The predicted molar refractivity (Wildman–Crippen MR) is 96.8 cm³/mol. The Morgan fingerprint density at radius 3 is 2.54 bits per heavy atom. The largest absolute Gasteiger partial charge is 0.480 e. The normalized spacial score (nSPS) is 15.0. The van der Waals surface area contributed by atoms with Crippen LogP contribution >= 0.6 is 0 Å². The number of hydrogen-bond donors (Lipinski definition) is 3. The van der Waals surface area contributed by atoms with E-state index in [9.17, 15) is 4.79 Å². The zero-order chi connectivity index (χ0) is 18.5. The van der Waals surface area contributed by atoms with Crippen molar-refractivity contribution in [3.63, 3.8) is 0 Å². The lowest BCUT2D eigenvalue weighted by Gasteiger charge is -2.35. The Morgan fingerprint density at radius 1 is 1.23 bits per heavy atom. The second-order valence-corrected chi connectivity index (χ2v) is 6.15. The van der Waals surface area contributed by atoms with Gasteiger partial charge in [-0.25, -0.2) is 15.0 Å². The molecule has 10 nitrogen and oxygen atoms in total. The summed E-state index contributed by atoms with van der Waals surface area (Å²) < 4.78 is 0. The van der Waals surface area contributed by atoms with Crippen LogP contribution in [0.3, 0.4) is 0 Å². The Bertz CT molecular complexity index is 739. The summed E-state index contributed by atoms with van der Waals surface area (Å²) in [6.07, 6.45) is 3.44. The topological polar surface area (TPSA) is 133 Å². The summed E-state index contributed by atoms with van der Waals surface area (Å²) in [5.41, 5.74) is 7.59. The first-order chi connectivity index (χ1) is 12.5. The number of hydrogen-bond acceptors (Lipinski definition) is 9. The van der Waals surface area contributed by atoms with Crippen LogP contribution in [-0.2, 0) is 11.3 Å². The van der Waals surface area contributed by atoms with Gasteiger partial charge in [0.1, 0.15) is 12.4 Å². The number of carbonyl (C=O) groups is 1. The first-order valence-electron chi connectivity index (χ1n) is 8.34. The standard InChI is InChI=1S/C16H22N8O2/c1-11-6-13(22-15(17)21-11)24-4-2-23(3-5-24)10-12-7-18-16(19-8-12)20-9-14(25)26/h6-8H,2-5,9-10H2,1H3,(H,25,26)(H2,17,21,22)(H,18,19,20). The molecule has 4 N–H and O–H groups in total. The number of nitrogens with two attached hydrogens (primary N) is 1. The molecule has 2 aromatic heterocycles. The van der Waals surface area contributed by atoms with E-state index in [-0.39, 0.29) is 6.54 Å². The van der Waals surface area contributed by atoms with Gasteiger partial charge in [-0.15, -0.1) is 0 Å². The highest BCUT2D eigenvalue weighted by molar-refractivity contribution is 5.71. The Labute approximate surface area is 151 Å². The lowest BCUT2D eigenvalue weighted by atomic mass is 10.2. The number of nitrogens with one attached hydrogen (secondary N) is 1. The molecule has 0 spiro atoms. The minimum atomic E-state index is -0.948. The first-order valence-corrected chi connectivity index (χ1v) is 8.34. The monoisotopic (exact) mass is 358 g/mol. The van der Waals surface area contributed by atoms with Crippen molar-refractivity contribution in [1.82, 2.24) is 24.8 Å². The number of aromatic nitrogens is 4. The highest BCUT2D eigenvalue weighted by atomic mass is 16.4. The van der Waals surface area contributed by atoms with E-state index in [1.807, 2.05) is 13.0 Å². The van der Waals surface area contributed by atoms with Crippen LogP contribution in [0, 0.1) is 6.92 Å². The van der Waals surface area contributed by atoms with Crippen molar-refractivity contribution in [2.45, 2.75) is 13.5 Å². The average Bonchev–Trinajstić information content (AvgIpc) is 2.61. The van der Waals surface area contributed by atoms with E-state index in [0.29, 0.717) is 11.9 Å². The number of anilines is 3. The third-order valence-corrected chi connectivity index (χ3v) is 4.06. The molecular formula is C16H22N8O2. The van der Waals surface area contributed by atoms with Crippen LogP contribution < -0.4 is 16.0 Å². The molecule has 0 aromatic carbocycles. The third kappa shape index (κ3) is 4.76. The van der Waals surface area contributed by atoms with Crippen molar-refractivity contribution in [2.24, 2.45) is 0 Å². The van der Waals surface area contributed by atoms with Gasteiger partial charge in [-0.3, -0.25) is 9.69 Å². The molecule has 0 amide bonds. The molecular weight excluding hydrogens is 336 g/mol. The van der Waals surface area contributed by atoms with Crippen molar-refractivity contribution in [2.75, 3.05) is 48.7 Å². The van der Waals surface area contributed by atoms with Crippen molar-refractivity contribution in [3.8, 4) is 0 Å². The molecule has 10 heteroatoms. The summed E-state index contributed by atoms with van der Waals surface area (Å²) in [5.74, 6) is 0.539. The highest BCUT2D eigenvalue weighted by Crippen LogP contribution is 2.16. The molecule has 1 aliphatic rings. The SMILES string of the molecule is Cc1cc(N2CCN(Cc3cnc(NCC(=O)O)nc3)CC2)nc(N)n1. The smallest absolute Gasteiger partial charge is 0.322 e. The average molecular weight is 358 g/mol. The molecule has 1 fully saturated rings. The van der Waals surface area contributed by atoms with Gasteiger partial charge in [-0.2, -0.15) is 4.98 Å². The summed E-state index contributed by atoms with van der Waals surface area (Å²) >= 11 is 0. The van der Waals surface area contributed by atoms with Crippen LogP contribution in [0.1, 0.15) is 11.3 Å². The van der Waals surface area contributed by atoms with Crippen molar-refractivity contribution in [1.29, 1.82) is 0 Å². The third-order valence-electron chi connectivity index (χ3n) is 4.06. The van der Waals surface area contributed by atoms with Gasteiger partial charge >= 0.3 is 5.97 Å². The van der Waals surface area contributed by atoms with E-state index in [0.717, 1.165) is 49.8 Å². The Kier molecular flexibility index (Phi) is 5.42. The molecule has 0 saturated carbocycles. The van der Waals surface area contributed by atoms with Crippen LogP contribution in [0.4, 0.5) is 17.7 Å². The van der Waals surface area contributed by atoms with Crippen LogP contribution in [0.2, 0.25) is 0 Å². The molecule has 1 aliphatic heterocycles. The maximum absolute atomic E-state index is 10.5. The summed E-state index contributed by atoms with van der Waals surface area (Å²) in [4.78, 5) is 31.8. The van der Waals surface area contributed by atoms with Gasteiger partial charge in [0, 0.05) is 62.4 Å². The molecule has 1 saturated heterocycles. The van der Waals surface area contributed by atoms with Gasteiger partial charge in [0.15, 0.2) is 0 Å². The molecule has 3 heterocycles. The highest BCUT2D eigenvalue weighted by Gasteiger charge is 2.19. The quantitative estimate of drug-likeness (QED) is 0.646. The molecule has 0 atom stereocenters. The zero-order valence-electron chi connectivity index (χ0n) is 14.6. The first kappa shape index (κ1) is 17.8. The lowest BCUT2D eigenvalue weighted by Crippen LogP contribution is -2.46. The molecule has 3 rings (SSSR count). The van der Waals surface area contributed by atoms with Gasteiger partial charge in [-0.05, 0) is 6.92 Å². The van der Waals surface area contributed by atoms with Crippen molar-refractivity contribution in [3.05, 3.63) is 29.7 Å². The Morgan fingerprint density at radius 2 is 1.92 bits per heavy atom. The van der Waals surface area contributed by atoms with E-state index < -0.39 is 5.97 Å². The Hall–Kier alpha value is -3.01. The van der Waals surface area contributed by atoms with Gasteiger partial charge in [-0.1, -0.05) is 0 Å². The minimum Gasteiger partial charge on any atom is -0.480 e. The second kappa shape index (κ2) is 7.91. The lowest BCUT2D eigenvalue weighted by molar-refractivity contribution is -0.134. The van der Waals surface area contributed by atoms with Gasteiger partial charge in [0.05, 0.1) is 0 Å². The van der Waals surface area contributed by atoms with E-state index in [1.54, 1.807) is 12.4 Å². The zero-order valence-corrected chi connectivity index (χ0v) is 14.6. The maximum atomic E-state index is 10.5. The fourth-order valence-electron chi connectivity index (χ4n) is 2.81. The maximum Gasteiger partial charge on any atom is 0.322 e. The minimum absolute atomic E-state index is 0.200. The number of nitrogen functional groups attached to an aromatic ring is 1. The molecule has 26 heavy (non-hydrogen) atoms. The van der Waals surface area contributed by atoms with Gasteiger partial charge < -0.3 is 21.1 Å². The van der Waals surface area contributed by atoms with Gasteiger partial charge in [0.2, 0.25) is 11.9 Å². The fourth-order valence-corrected chi connectivity index (χ4v) is 2.81. The number of nitrogens with zero attached hydrogens (tertiary/aromatic N) is 6. The molecule has 0 aliphatic carbocycles. The van der Waals surface area contributed by atoms with E-state index in [4.69, 9.17) is 10.8 Å². The van der Waals surface area contributed by atoms with Crippen molar-refractivity contribution < 1.29 is 9.90 Å². The number of aryl methyl sites for hydroxylation is 1. The van der Waals surface area contributed by atoms with Crippen molar-refractivity contribution >= 4 is 23.7 Å². The van der Waals surface area contributed by atoms with E-state index in [2.05, 4.69) is 35.1 Å². The number of carboxylic acid groups (broad SMARTS) is 1. The van der Waals surface area contributed by atoms with Crippen LogP contribution in [0.25, 0.3) is 0 Å². The molecule has 0 unspecified atom stereocenters. The summed E-state index contributed by atoms with van der Waals surface area (Å²) in [6.45, 7) is 5.95. The molecule has 0 radical (unpaired) electrons. The predicted octanol–water partition coefficient (Wildman–Crippen LogP) is -0.0241. The summed E-state index contributed by atoms with van der Waals surface area (Å²) in [5, 5.41) is 11.3. The molecule has 0 bridgehead atoms. The number of carboxylic acids is 1.